The van der Waals surface area contributed by atoms with E-state index in [4.69, 9.17) is 6.42 Å². The first kappa shape index (κ1) is 9.39. The van der Waals surface area contributed by atoms with E-state index in [1.165, 1.54) is 0 Å². The van der Waals surface area contributed by atoms with Gasteiger partial charge >= 0.3 is 6.18 Å². The summed E-state index contributed by atoms with van der Waals surface area (Å²) in [6.45, 7) is 0. The molecule has 0 saturated heterocycles. The summed E-state index contributed by atoms with van der Waals surface area (Å²) in [7, 11) is 0. The summed E-state index contributed by atoms with van der Waals surface area (Å²) >= 11 is 0. The van der Waals surface area contributed by atoms with Crippen LogP contribution in [0.2, 0.25) is 0 Å². The van der Waals surface area contributed by atoms with Gasteiger partial charge in [-0.15, -0.1) is 6.42 Å². The van der Waals surface area contributed by atoms with E-state index in [1.54, 1.807) is 0 Å². The van der Waals surface area contributed by atoms with Gasteiger partial charge in [0.1, 0.15) is 0 Å². The predicted molar refractivity (Wildman–Crippen MR) is 40.0 cm³/mol. The Kier molecular flexibility index (Phi) is 2.15. The molecule has 0 spiro atoms. The Morgan fingerprint density at radius 2 is 2.00 bits per heavy atom. The van der Waals surface area contributed by atoms with Crippen molar-refractivity contribution in [3.05, 3.63) is 33.7 Å². The van der Waals surface area contributed by atoms with Crippen molar-refractivity contribution >= 4 is 0 Å². The Bertz CT molecular complexity index is 411. The van der Waals surface area contributed by atoms with E-state index in [0.717, 1.165) is 0 Å². The first-order valence-corrected chi connectivity index (χ1v) is 3.21. The maximum Gasteiger partial charge on any atom is 0.416 e. The SMILES string of the molecule is C#Cc1cc(C(F)(F)F)cc(=O)[nH]1. The maximum absolute atomic E-state index is 12.1. The highest BCUT2D eigenvalue weighted by molar-refractivity contribution is 5.29. The molecular formula is C8H4F3NO. The minimum absolute atomic E-state index is 0.181. The predicted octanol–water partition coefficient (Wildman–Crippen LogP) is 1.37. The van der Waals surface area contributed by atoms with Gasteiger partial charge in [0, 0.05) is 6.07 Å². The summed E-state index contributed by atoms with van der Waals surface area (Å²) in [5, 5.41) is 0. The lowest BCUT2D eigenvalue weighted by atomic mass is 10.2. The topological polar surface area (TPSA) is 32.9 Å². The second-order valence-electron chi connectivity index (χ2n) is 2.29. The maximum atomic E-state index is 12.1. The minimum atomic E-state index is -4.54. The Labute approximate surface area is 71.4 Å². The smallest absolute Gasteiger partial charge is 0.315 e. The van der Waals surface area contributed by atoms with Gasteiger partial charge in [0.15, 0.2) is 0 Å². The molecule has 0 aliphatic heterocycles. The average molecular weight is 187 g/mol. The Morgan fingerprint density at radius 3 is 2.46 bits per heavy atom. The number of nitrogens with one attached hydrogen (secondary N) is 1. The van der Waals surface area contributed by atoms with Crippen molar-refractivity contribution < 1.29 is 13.2 Å². The zero-order valence-corrected chi connectivity index (χ0v) is 6.27. The summed E-state index contributed by atoms with van der Waals surface area (Å²) < 4.78 is 36.2. The van der Waals surface area contributed by atoms with Gasteiger partial charge in [-0.3, -0.25) is 4.79 Å². The summed E-state index contributed by atoms with van der Waals surface area (Å²) in [5.41, 5.74) is -2.08. The van der Waals surface area contributed by atoms with Crippen molar-refractivity contribution in [3.8, 4) is 12.3 Å². The Balaban J connectivity index is 3.35. The number of hydrogen-bond donors (Lipinski definition) is 1. The molecule has 2 nitrogen and oxygen atoms in total. The third-order valence-electron chi connectivity index (χ3n) is 1.33. The Morgan fingerprint density at radius 1 is 1.38 bits per heavy atom. The number of terminal acetylenes is 1. The standard InChI is InChI=1S/C8H4F3NO/c1-2-6-3-5(8(9,10)11)4-7(13)12-6/h1,3-4H,(H,12,13). The van der Waals surface area contributed by atoms with Crippen LogP contribution in [0.3, 0.4) is 0 Å². The average Bonchev–Trinajstić information content (AvgIpc) is 2.01. The normalized spacial score (nSPS) is 10.9. The van der Waals surface area contributed by atoms with Crippen LogP contribution in [0.5, 0.6) is 0 Å². The van der Waals surface area contributed by atoms with Crippen molar-refractivity contribution in [1.29, 1.82) is 0 Å². The number of halogens is 3. The molecule has 0 aliphatic rings. The zero-order valence-electron chi connectivity index (χ0n) is 6.27. The molecule has 0 fully saturated rings. The molecule has 0 aliphatic carbocycles. The van der Waals surface area contributed by atoms with Crippen molar-refractivity contribution in [2.24, 2.45) is 0 Å². The highest BCUT2D eigenvalue weighted by atomic mass is 19.4. The van der Waals surface area contributed by atoms with E-state index in [0.29, 0.717) is 12.1 Å². The van der Waals surface area contributed by atoms with Crippen LogP contribution in [-0.4, -0.2) is 4.98 Å². The van der Waals surface area contributed by atoms with E-state index >= 15 is 0 Å². The molecule has 13 heavy (non-hydrogen) atoms. The molecule has 1 N–H and O–H groups in total. The van der Waals surface area contributed by atoms with Crippen molar-refractivity contribution in [2.75, 3.05) is 0 Å². The molecular weight excluding hydrogens is 183 g/mol. The third kappa shape index (κ3) is 2.12. The van der Waals surface area contributed by atoms with Gasteiger partial charge in [-0.2, -0.15) is 13.2 Å². The van der Waals surface area contributed by atoms with Gasteiger partial charge in [-0.1, -0.05) is 5.92 Å². The van der Waals surface area contributed by atoms with Gasteiger partial charge < -0.3 is 4.98 Å². The molecule has 0 radical (unpaired) electrons. The monoisotopic (exact) mass is 187 g/mol. The van der Waals surface area contributed by atoms with E-state index < -0.39 is 17.3 Å². The second kappa shape index (κ2) is 2.98. The number of aromatic amines is 1. The van der Waals surface area contributed by atoms with E-state index in [9.17, 15) is 18.0 Å². The lowest BCUT2D eigenvalue weighted by molar-refractivity contribution is -0.137. The first-order chi connectivity index (χ1) is 5.93. The van der Waals surface area contributed by atoms with Crippen LogP contribution < -0.4 is 5.56 Å². The number of alkyl halides is 3. The number of hydrogen-bond acceptors (Lipinski definition) is 1. The lowest BCUT2D eigenvalue weighted by Gasteiger charge is -2.05. The van der Waals surface area contributed by atoms with Gasteiger partial charge in [0.25, 0.3) is 0 Å². The van der Waals surface area contributed by atoms with E-state index in [-0.39, 0.29) is 5.69 Å². The molecule has 1 aromatic heterocycles. The summed E-state index contributed by atoms with van der Waals surface area (Å²) in [4.78, 5) is 12.7. The fourth-order valence-electron chi connectivity index (χ4n) is 0.785. The van der Waals surface area contributed by atoms with Crippen molar-refractivity contribution in [1.82, 2.24) is 4.98 Å². The molecule has 0 saturated carbocycles. The van der Waals surface area contributed by atoms with Crippen molar-refractivity contribution in [3.63, 3.8) is 0 Å². The molecule has 1 aromatic rings. The molecule has 1 heterocycles. The molecule has 0 aromatic carbocycles. The number of H-pyrrole nitrogens is 1. The molecule has 0 unspecified atom stereocenters. The fourth-order valence-corrected chi connectivity index (χ4v) is 0.785. The van der Waals surface area contributed by atoms with Gasteiger partial charge in [-0.25, -0.2) is 0 Å². The zero-order chi connectivity index (χ0) is 10.1. The highest BCUT2D eigenvalue weighted by Gasteiger charge is 2.31. The number of pyridine rings is 1. The second-order valence-corrected chi connectivity index (χ2v) is 2.29. The number of aromatic nitrogens is 1. The quantitative estimate of drug-likeness (QED) is 0.611. The van der Waals surface area contributed by atoms with Gasteiger partial charge in [0.2, 0.25) is 5.56 Å². The van der Waals surface area contributed by atoms with Crippen LogP contribution in [0.15, 0.2) is 16.9 Å². The van der Waals surface area contributed by atoms with Gasteiger partial charge in [0.05, 0.1) is 11.3 Å². The molecule has 0 atom stereocenters. The van der Waals surface area contributed by atoms with Crippen LogP contribution in [0.4, 0.5) is 13.2 Å². The van der Waals surface area contributed by atoms with E-state index in [1.807, 2.05) is 5.92 Å². The minimum Gasteiger partial charge on any atom is -0.315 e. The van der Waals surface area contributed by atoms with Crippen LogP contribution in [0, 0.1) is 12.3 Å². The molecule has 68 valence electrons. The summed E-state index contributed by atoms with van der Waals surface area (Å²) in [6.07, 6.45) is 0.302. The van der Waals surface area contributed by atoms with Crippen molar-refractivity contribution in [2.45, 2.75) is 6.18 Å². The Hall–Kier alpha value is -1.70. The first-order valence-electron chi connectivity index (χ1n) is 3.21. The van der Waals surface area contributed by atoms with Crippen LogP contribution in [-0.2, 0) is 6.18 Å². The van der Waals surface area contributed by atoms with Crippen LogP contribution >= 0.6 is 0 Å². The fraction of sp³-hybridized carbons (Fsp3) is 0.125. The molecule has 1 rings (SSSR count). The molecule has 0 bridgehead atoms. The molecule has 5 heteroatoms. The van der Waals surface area contributed by atoms with E-state index in [2.05, 4.69) is 4.98 Å². The highest BCUT2D eigenvalue weighted by Crippen LogP contribution is 2.27. The largest absolute Gasteiger partial charge is 0.416 e. The molecule has 0 amide bonds. The lowest BCUT2D eigenvalue weighted by Crippen LogP contribution is -2.14. The van der Waals surface area contributed by atoms with Crippen LogP contribution in [0.1, 0.15) is 11.3 Å². The van der Waals surface area contributed by atoms with Crippen LogP contribution in [0.25, 0.3) is 0 Å². The summed E-state index contributed by atoms with van der Waals surface area (Å²) in [5.74, 6) is 1.92. The van der Waals surface area contributed by atoms with Gasteiger partial charge in [-0.05, 0) is 6.07 Å². The number of rotatable bonds is 0. The summed E-state index contributed by atoms with van der Waals surface area (Å²) in [6, 6.07) is 1.17. The third-order valence-corrected chi connectivity index (χ3v) is 1.33.